The van der Waals surface area contributed by atoms with Gasteiger partial charge in [0, 0.05) is 49.1 Å². The van der Waals surface area contributed by atoms with Gasteiger partial charge in [0.15, 0.2) is 6.54 Å². The van der Waals surface area contributed by atoms with Crippen LogP contribution in [0.4, 0.5) is 0 Å². The summed E-state index contributed by atoms with van der Waals surface area (Å²) in [5.74, 6) is 5.20. The summed E-state index contributed by atoms with van der Waals surface area (Å²) in [4.78, 5) is 74.2. The number of aryl methyl sites for hydroxylation is 1. The van der Waals surface area contributed by atoms with Gasteiger partial charge in [-0.1, -0.05) is 39.7 Å². The summed E-state index contributed by atoms with van der Waals surface area (Å²) in [6.07, 6.45) is 5.71. The highest BCUT2D eigenvalue weighted by Gasteiger charge is 2.41. The highest BCUT2D eigenvalue weighted by atomic mass is 16.7. The van der Waals surface area contributed by atoms with Gasteiger partial charge < -0.3 is 29.0 Å². The summed E-state index contributed by atoms with van der Waals surface area (Å²) in [5.41, 5.74) is 15.3. The number of esters is 1. The average molecular weight is 1020 g/mol. The van der Waals surface area contributed by atoms with Crippen LogP contribution < -0.4 is 20.4 Å². The number of rotatable bonds is 15. The number of hydroxylamine groups is 2. The molecule has 0 spiro atoms. The molecule has 3 aromatic rings. The number of carbonyl (C=O) groups is 4. The van der Waals surface area contributed by atoms with E-state index in [4.69, 9.17) is 29.6 Å². The van der Waals surface area contributed by atoms with Gasteiger partial charge >= 0.3 is 5.97 Å². The summed E-state index contributed by atoms with van der Waals surface area (Å²) in [6, 6.07) is 6.42. The molecule has 74 heavy (non-hydrogen) atoms. The lowest BCUT2D eigenvalue weighted by molar-refractivity contribution is -0.238. The first-order valence-corrected chi connectivity index (χ1v) is 26.4. The normalized spacial score (nSPS) is 22.4. The number of cyclic esters (lactones) is 1. The van der Waals surface area contributed by atoms with Crippen LogP contribution in [0.25, 0.3) is 22.2 Å². The van der Waals surface area contributed by atoms with Gasteiger partial charge in [0.05, 0.1) is 48.9 Å². The molecule has 3 aliphatic heterocycles. The molecule has 1 aliphatic carbocycles. The van der Waals surface area contributed by atoms with E-state index in [9.17, 15) is 19.2 Å². The molecular weight excluding hydrogens is 943 g/mol. The second kappa shape index (κ2) is 23.9. The number of hydrazine groups is 1. The summed E-state index contributed by atoms with van der Waals surface area (Å²) < 4.78 is 20.5. The fraction of sp³-hybridized carbons (Fsp3) is 0.655. The third kappa shape index (κ3) is 12.8. The van der Waals surface area contributed by atoms with Crippen molar-refractivity contribution >= 4 is 34.6 Å². The maximum absolute atomic E-state index is 14.8. The molecule has 7 rings (SSSR count). The molecule has 6 bridgehead atoms. The van der Waals surface area contributed by atoms with Crippen LogP contribution in [0.15, 0.2) is 35.6 Å². The third-order valence-electron chi connectivity index (χ3n) is 15.5. The van der Waals surface area contributed by atoms with E-state index in [-0.39, 0.29) is 67.4 Å². The van der Waals surface area contributed by atoms with E-state index in [1.54, 1.807) is 30.3 Å². The van der Waals surface area contributed by atoms with Crippen LogP contribution in [0.2, 0.25) is 0 Å². The molecular formula is C55H80N11O8+. The second-order valence-electron chi connectivity index (χ2n) is 22.5. The Hall–Kier alpha value is -5.74. The quantitative estimate of drug-likeness (QED) is 0.0389. The Morgan fingerprint density at radius 3 is 2.55 bits per heavy atom. The van der Waals surface area contributed by atoms with Crippen LogP contribution in [0.1, 0.15) is 123 Å². The zero-order valence-corrected chi connectivity index (χ0v) is 45.7. The topological polar surface area (TPSA) is 210 Å². The van der Waals surface area contributed by atoms with Crippen molar-refractivity contribution < 1.29 is 38.2 Å². The number of likely N-dealkylation sites (tertiary alicyclic amines) is 1. The first kappa shape index (κ1) is 56.0. The molecule has 2 unspecified atom stereocenters. The van der Waals surface area contributed by atoms with E-state index >= 15 is 0 Å². The van der Waals surface area contributed by atoms with Crippen molar-refractivity contribution in [3.05, 3.63) is 47.3 Å². The van der Waals surface area contributed by atoms with Crippen molar-refractivity contribution in [3.8, 4) is 28.8 Å². The Kier molecular flexibility index (Phi) is 18.1. The highest BCUT2D eigenvalue weighted by molar-refractivity contribution is 5.95. The summed E-state index contributed by atoms with van der Waals surface area (Å²) in [5, 5.41) is 11.1. The molecule has 0 radical (unpaired) electrons. The fourth-order valence-corrected chi connectivity index (χ4v) is 10.8. The number of fused-ring (bicyclic) bond motifs is 6. The van der Waals surface area contributed by atoms with Gasteiger partial charge in [-0.3, -0.25) is 38.9 Å². The molecule has 19 nitrogen and oxygen atoms in total. The molecule has 1 saturated carbocycles. The van der Waals surface area contributed by atoms with Gasteiger partial charge in [0.1, 0.15) is 47.2 Å². The maximum atomic E-state index is 14.8. The van der Waals surface area contributed by atoms with Gasteiger partial charge in [-0.05, 0) is 140 Å². The number of likely N-dealkylation sites (N-methyl/N-ethyl adjacent to an activating group) is 1. The molecule has 3 N–H and O–H groups in total. The van der Waals surface area contributed by atoms with Crippen LogP contribution in [0, 0.1) is 34.6 Å². The Balaban J connectivity index is 1.19. The van der Waals surface area contributed by atoms with Crippen molar-refractivity contribution in [2.45, 2.75) is 149 Å². The van der Waals surface area contributed by atoms with Gasteiger partial charge in [0.25, 0.3) is 11.8 Å². The van der Waals surface area contributed by atoms with Gasteiger partial charge in [0.2, 0.25) is 10.8 Å². The zero-order chi connectivity index (χ0) is 53.6. The lowest BCUT2D eigenvalue weighted by atomic mass is 9.83. The van der Waals surface area contributed by atoms with Crippen LogP contribution in [0.3, 0.4) is 0 Å². The lowest BCUT2D eigenvalue weighted by Gasteiger charge is -2.41. The van der Waals surface area contributed by atoms with Gasteiger partial charge in [-0.15, -0.1) is 0 Å². The van der Waals surface area contributed by atoms with Crippen LogP contribution >= 0.6 is 0 Å². The molecule has 2 aromatic heterocycles. The molecule has 402 valence electrons. The van der Waals surface area contributed by atoms with E-state index in [0.717, 1.165) is 52.7 Å². The zero-order valence-electron chi connectivity index (χ0n) is 45.7. The Morgan fingerprint density at radius 2 is 1.86 bits per heavy atom. The van der Waals surface area contributed by atoms with E-state index in [1.165, 1.54) is 10.6 Å². The minimum absolute atomic E-state index is 0.120. The van der Waals surface area contributed by atoms with Crippen LogP contribution in [-0.2, 0) is 46.5 Å². The van der Waals surface area contributed by atoms with E-state index < -0.39 is 35.0 Å². The molecule has 6 atom stereocenters. The molecule has 2 saturated heterocycles. The number of hydrogen-bond acceptors (Lipinski definition) is 14. The van der Waals surface area contributed by atoms with Crippen molar-refractivity contribution in [1.82, 2.24) is 45.1 Å². The molecule has 19 heteroatoms. The number of methoxy groups -OCH3 is 1. The first-order chi connectivity index (χ1) is 35.1. The van der Waals surface area contributed by atoms with E-state index in [2.05, 4.69) is 76.1 Å². The summed E-state index contributed by atoms with van der Waals surface area (Å²) >= 11 is 0. The minimum Gasteiger partial charge on any atom is -0.490 e. The monoisotopic (exact) mass is 1020 g/mol. The largest absolute Gasteiger partial charge is 0.490 e. The van der Waals surface area contributed by atoms with Gasteiger partial charge in [-0.25, -0.2) is 5.43 Å². The van der Waals surface area contributed by atoms with Gasteiger partial charge in [-0.2, -0.15) is 5.06 Å². The Labute approximate surface area is 436 Å². The molecule has 1 aromatic carbocycles. The number of benzene rings is 1. The first-order valence-electron chi connectivity index (χ1n) is 26.4. The summed E-state index contributed by atoms with van der Waals surface area (Å²) in [7, 11) is 7.24. The number of hydrogen-bond donors (Lipinski definition) is 3. The average Bonchev–Trinajstić information content (AvgIpc) is 3.95. The standard InChI is InChI=1S/C55H79N11O8/c1-13-65-46-19-18-38-27-41(46)43(50(65)42-28-39(72-24-22-58-61-56)30-57-48(42)35(4)71-12)29-54(5,6)33-73-53(70)44-15-14-23-66(60-44)52(69)45(26-36-16-17-37(38)25-36)59-51(68)49(34(2)3)63(11)74-40-31-64(32-40)47(67)20-21-55(7,8)62(9)10/h18-19,27-28,30,34-37,40,44-45,49,56,60H,13-17,22-26,29,31-33H2,1-12H3/p+1/t35-,36?,37?,44-,45-,49-/m0/s1. The Bertz CT molecular complexity index is 2640. The Morgan fingerprint density at radius 1 is 1.11 bits per heavy atom. The van der Waals surface area contributed by atoms with Crippen molar-refractivity contribution in [3.63, 3.8) is 0 Å². The maximum Gasteiger partial charge on any atom is 0.324 e. The number of nitrogens with zero attached hydrogens (tertiary/aromatic N) is 8. The van der Waals surface area contributed by atoms with Crippen molar-refractivity contribution in [2.24, 2.45) is 22.4 Å². The SMILES string of the molecule is CCn1c(-c2cc(OCCN=[N+]=N)cnc2[C@H](C)OC)c2c3cc(ccc31)C1CCC(C1)C[C@H](NC(=O)[C@H](C(C)C)N(C)OC1CN(C(=O)C#CC(C)(C)N(C)C)C1)C(=O)N1CCC[C@H](N1)C(=O)OCC(C)(C)C2. The summed E-state index contributed by atoms with van der Waals surface area (Å²) in [6.45, 7) is 18.4. The predicted octanol–water partition coefficient (Wildman–Crippen LogP) is 6.18. The lowest BCUT2D eigenvalue weighted by Crippen LogP contribution is -2.62. The molecule has 4 aliphatic rings. The predicted molar refractivity (Wildman–Crippen MR) is 280 cm³/mol. The number of ether oxygens (including phenoxy) is 3. The fourth-order valence-electron chi connectivity index (χ4n) is 10.8. The van der Waals surface area contributed by atoms with Crippen molar-refractivity contribution in [2.75, 3.05) is 67.6 Å². The third-order valence-corrected chi connectivity index (χ3v) is 15.5. The van der Waals surface area contributed by atoms with Crippen LogP contribution in [-0.4, -0.2) is 151 Å². The van der Waals surface area contributed by atoms with E-state index in [0.29, 0.717) is 57.6 Å². The smallest absolute Gasteiger partial charge is 0.324 e. The van der Waals surface area contributed by atoms with Crippen LogP contribution in [0.5, 0.6) is 5.75 Å². The van der Waals surface area contributed by atoms with E-state index in [1.807, 2.05) is 59.7 Å². The second-order valence-corrected chi connectivity index (χ2v) is 22.5. The number of nitrogens with one attached hydrogen (secondary N) is 3. The minimum atomic E-state index is -0.878. The number of pyridine rings is 1. The number of carbonyl (C=O) groups excluding carboxylic acids is 4. The molecule has 5 heterocycles. The molecule has 3 amide bonds. The number of amides is 3. The number of aromatic nitrogens is 2. The van der Waals surface area contributed by atoms with Crippen molar-refractivity contribution in [1.29, 1.82) is 5.53 Å². The molecule has 3 fully saturated rings. The highest BCUT2D eigenvalue weighted by Crippen LogP contribution is 2.45.